The van der Waals surface area contributed by atoms with Crippen LogP contribution in [0.2, 0.25) is 5.02 Å². The highest BCUT2D eigenvalue weighted by Gasteiger charge is 2.14. The van der Waals surface area contributed by atoms with E-state index in [0.29, 0.717) is 29.2 Å². The summed E-state index contributed by atoms with van der Waals surface area (Å²) in [5.74, 6) is 1.64. The van der Waals surface area contributed by atoms with Crippen LogP contribution in [0, 0.1) is 13.8 Å². The van der Waals surface area contributed by atoms with Gasteiger partial charge in [0.1, 0.15) is 12.4 Å². The van der Waals surface area contributed by atoms with Crippen molar-refractivity contribution < 1.29 is 9.53 Å². The number of rotatable bonds is 8. The van der Waals surface area contributed by atoms with Crippen molar-refractivity contribution in [3.63, 3.8) is 0 Å². The Morgan fingerprint density at radius 3 is 2.62 bits per heavy atom. The normalized spacial score (nSPS) is 10.8. The molecule has 1 N–H and O–H groups in total. The van der Waals surface area contributed by atoms with Crippen LogP contribution in [0.3, 0.4) is 0 Å². The first kappa shape index (κ1) is 21.2. The summed E-state index contributed by atoms with van der Waals surface area (Å²) < 4.78 is 7.83. The smallest absolute Gasteiger partial charge is 0.234 e. The molecular formula is C21H23ClN4O2S. The van der Waals surface area contributed by atoms with Crippen LogP contribution in [-0.2, 0) is 17.9 Å². The Bertz CT molecular complexity index is 989. The Morgan fingerprint density at radius 1 is 1.17 bits per heavy atom. The molecule has 0 saturated carbocycles. The molecule has 0 saturated heterocycles. The van der Waals surface area contributed by atoms with E-state index in [1.54, 1.807) is 6.07 Å². The molecule has 0 bridgehead atoms. The van der Waals surface area contributed by atoms with Gasteiger partial charge in [-0.1, -0.05) is 41.1 Å². The molecule has 1 amide bonds. The largest absolute Gasteiger partial charge is 0.485 e. The van der Waals surface area contributed by atoms with Gasteiger partial charge in [0.05, 0.1) is 5.75 Å². The van der Waals surface area contributed by atoms with Gasteiger partial charge in [0.2, 0.25) is 5.91 Å². The average Bonchev–Trinajstić information content (AvgIpc) is 3.09. The second-order valence-electron chi connectivity index (χ2n) is 6.54. The van der Waals surface area contributed by atoms with E-state index in [4.69, 9.17) is 16.3 Å². The first-order valence-corrected chi connectivity index (χ1v) is 10.6. The molecule has 0 unspecified atom stereocenters. The Hall–Kier alpha value is -2.51. The number of hydrogen-bond donors (Lipinski definition) is 1. The van der Waals surface area contributed by atoms with Crippen LogP contribution >= 0.6 is 23.4 Å². The van der Waals surface area contributed by atoms with E-state index in [1.165, 1.54) is 11.8 Å². The number of nitrogens with one attached hydrogen (secondary N) is 1. The minimum Gasteiger partial charge on any atom is -0.485 e. The number of aromatic nitrogens is 3. The van der Waals surface area contributed by atoms with E-state index >= 15 is 0 Å². The Kier molecular flexibility index (Phi) is 7.17. The Morgan fingerprint density at radius 2 is 1.93 bits per heavy atom. The maximum Gasteiger partial charge on any atom is 0.234 e. The molecule has 152 valence electrons. The molecule has 8 heteroatoms. The predicted octanol–water partition coefficient (Wildman–Crippen LogP) is 4.88. The van der Waals surface area contributed by atoms with E-state index in [9.17, 15) is 4.79 Å². The molecule has 0 fully saturated rings. The maximum atomic E-state index is 12.2. The molecule has 0 spiro atoms. The lowest BCUT2D eigenvalue weighted by Crippen LogP contribution is -2.15. The molecule has 2 aromatic carbocycles. The monoisotopic (exact) mass is 430 g/mol. The maximum absolute atomic E-state index is 12.2. The third-order valence-corrected chi connectivity index (χ3v) is 5.47. The van der Waals surface area contributed by atoms with Crippen molar-refractivity contribution in [1.29, 1.82) is 0 Å². The number of halogens is 1. The summed E-state index contributed by atoms with van der Waals surface area (Å²) >= 11 is 7.34. The number of amides is 1. The minimum absolute atomic E-state index is 0.0842. The SMILES string of the molecule is CCn1c(COc2ccc(Cl)cc2C)nnc1SCC(=O)Nc1ccc(C)cc1. The van der Waals surface area contributed by atoms with Crippen molar-refractivity contribution in [1.82, 2.24) is 14.8 Å². The number of nitrogens with zero attached hydrogens (tertiary/aromatic N) is 3. The van der Waals surface area contributed by atoms with Gasteiger partial charge in [0, 0.05) is 17.3 Å². The molecule has 29 heavy (non-hydrogen) atoms. The van der Waals surface area contributed by atoms with Crippen LogP contribution in [0.5, 0.6) is 5.75 Å². The fourth-order valence-corrected chi connectivity index (χ4v) is 3.78. The lowest BCUT2D eigenvalue weighted by molar-refractivity contribution is -0.113. The predicted molar refractivity (Wildman–Crippen MR) is 117 cm³/mol. The van der Waals surface area contributed by atoms with Crippen LogP contribution in [-0.4, -0.2) is 26.4 Å². The first-order chi connectivity index (χ1) is 14.0. The number of carbonyl (C=O) groups is 1. The summed E-state index contributed by atoms with van der Waals surface area (Å²) in [6.45, 7) is 6.94. The van der Waals surface area contributed by atoms with Crippen molar-refractivity contribution >= 4 is 35.0 Å². The lowest BCUT2D eigenvalue weighted by Gasteiger charge is -2.11. The Balaban J connectivity index is 1.58. The zero-order valence-electron chi connectivity index (χ0n) is 16.6. The van der Waals surface area contributed by atoms with Crippen LogP contribution in [0.4, 0.5) is 5.69 Å². The molecule has 0 aliphatic carbocycles. The van der Waals surface area contributed by atoms with E-state index < -0.39 is 0 Å². The van der Waals surface area contributed by atoms with Crippen molar-refractivity contribution in [2.24, 2.45) is 0 Å². The topological polar surface area (TPSA) is 69.0 Å². The summed E-state index contributed by atoms with van der Waals surface area (Å²) in [6.07, 6.45) is 0. The summed E-state index contributed by atoms with van der Waals surface area (Å²) in [4.78, 5) is 12.2. The molecule has 0 atom stereocenters. The van der Waals surface area contributed by atoms with E-state index in [2.05, 4.69) is 15.5 Å². The highest BCUT2D eigenvalue weighted by Crippen LogP contribution is 2.23. The molecule has 0 aliphatic heterocycles. The average molecular weight is 431 g/mol. The lowest BCUT2D eigenvalue weighted by atomic mass is 10.2. The van der Waals surface area contributed by atoms with Crippen molar-refractivity contribution in [3.8, 4) is 5.75 Å². The third-order valence-electron chi connectivity index (χ3n) is 4.27. The van der Waals surface area contributed by atoms with Gasteiger partial charge >= 0.3 is 0 Å². The number of benzene rings is 2. The minimum atomic E-state index is -0.0842. The number of aryl methyl sites for hydroxylation is 2. The summed E-state index contributed by atoms with van der Waals surface area (Å²) in [7, 11) is 0. The zero-order chi connectivity index (χ0) is 20.8. The highest BCUT2D eigenvalue weighted by atomic mass is 35.5. The molecule has 6 nitrogen and oxygen atoms in total. The number of carbonyl (C=O) groups excluding carboxylic acids is 1. The quantitative estimate of drug-likeness (QED) is 0.516. The fraction of sp³-hybridized carbons (Fsp3) is 0.286. The second kappa shape index (κ2) is 9.80. The summed E-state index contributed by atoms with van der Waals surface area (Å²) in [6, 6.07) is 13.2. The van der Waals surface area contributed by atoms with Gasteiger partial charge in [-0.05, 0) is 56.7 Å². The first-order valence-electron chi connectivity index (χ1n) is 9.26. The standard InChI is InChI=1S/C21H23ClN4O2S/c1-4-26-19(12-28-18-10-7-16(22)11-15(18)3)24-25-21(26)29-13-20(27)23-17-8-5-14(2)6-9-17/h5-11H,4,12-13H2,1-3H3,(H,23,27). The number of thioether (sulfide) groups is 1. The molecule has 1 aromatic heterocycles. The van der Waals surface area contributed by atoms with Crippen molar-refractivity contribution in [2.45, 2.75) is 39.1 Å². The van der Waals surface area contributed by atoms with Gasteiger partial charge in [-0.2, -0.15) is 0 Å². The van der Waals surface area contributed by atoms with Crippen LogP contribution < -0.4 is 10.1 Å². The number of ether oxygens (including phenoxy) is 1. The van der Waals surface area contributed by atoms with Crippen molar-refractivity contribution in [2.75, 3.05) is 11.1 Å². The molecule has 3 aromatic rings. The highest BCUT2D eigenvalue weighted by molar-refractivity contribution is 7.99. The third kappa shape index (κ3) is 5.74. The molecular weight excluding hydrogens is 408 g/mol. The van der Waals surface area contributed by atoms with Crippen LogP contribution in [0.25, 0.3) is 0 Å². The van der Waals surface area contributed by atoms with Crippen LogP contribution in [0.1, 0.15) is 23.9 Å². The molecule has 0 radical (unpaired) electrons. The summed E-state index contributed by atoms with van der Waals surface area (Å²) in [5, 5.41) is 12.7. The van der Waals surface area contributed by atoms with Crippen molar-refractivity contribution in [3.05, 3.63) is 64.4 Å². The summed E-state index contributed by atoms with van der Waals surface area (Å²) in [5.41, 5.74) is 2.89. The van der Waals surface area contributed by atoms with Gasteiger partial charge in [-0.15, -0.1) is 10.2 Å². The zero-order valence-corrected chi connectivity index (χ0v) is 18.2. The fourth-order valence-electron chi connectivity index (χ4n) is 2.73. The molecule has 3 rings (SSSR count). The van der Waals surface area contributed by atoms with Gasteiger partial charge in [-0.3, -0.25) is 4.79 Å². The molecule has 1 heterocycles. The van der Waals surface area contributed by atoms with Gasteiger partial charge in [0.15, 0.2) is 11.0 Å². The van der Waals surface area contributed by atoms with E-state index in [-0.39, 0.29) is 11.7 Å². The van der Waals surface area contributed by atoms with Gasteiger partial charge < -0.3 is 14.6 Å². The number of hydrogen-bond acceptors (Lipinski definition) is 5. The number of anilines is 1. The van der Waals surface area contributed by atoms with Gasteiger partial charge in [-0.25, -0.2) is 0 Å². The van der Waals surface area contributed by atoms with E-state index in [1.807, 2.05) is 61.7 Å². The Labute approximate surface area is 179 Å². The molecule has 0 aliphatic rings. The second-order valence-corrected chi connectivity index (χ2v) is 7.92. The van der Waals surface area contributed by atoms with Gasteiger partial charge in [0.25, 0.3) is 0 Å². The van der Waals surface area contributed by atoms with E-state index in [0.717, 1.165) is 22.6 Å². The van der Waals surface area contributed by atoms with Crippen LogP contribution in [0.15, 0.2) is 47.6 Å².